The molecule has 0 atom stereocenters. The molecule has 0 fully saturated rings. The van der Waals surface area contributed by atoms with E-state index in [0.717, 1.165) is 5.56 Å². The van der Waals surface area contributed by atoms with Crippen molar-refractivity contribution < 1.29 is 9.90 Å². The second kappa shape index (κ2) is 5.24. The van der Waals surface area contributed by atoms with Crippen molar-refractivity contribution in [2.75, 3.05) is 5.32 Å². The van der Waals surface area contributed by atoms with Gasteiger partial charge in [-0.25, -0.2) is 4.98 Å². The van der Waals surface area contributed by atoms with Crippen molar-refractivity contribution in [1.82, 2.24) is 4.98 Å². The van der Waals surface area contributed by atoms with Gasteiger partial charge in [0.05, 0.1) is 10.6 Å². The third-order valence-electron chi connectivity index (χ3n) is 2.59. The molecule has 0 aliphatic heterocycles. The average molecular weight is 274 g/mol. The number of benzene rings is 1. The van der Waals surface area contributed by atoms with Crippen LogP contribution in [0.3, 0.4) is 0 Å². The highest BCUT2D eigenvalue weighted by Gasteiger charge is 2.13. The van der Waals surface area contributed by atoms with E-state index >= 15 is 0 Å². The second-order valence-electron chi connectivity index (χ2n) is 4.20. The lowest BCUT2D eigenvalue weighted by molar-refractivity contribution is 0.102. The molecule has 0 saturated carbocycles. The summed E-state index contributed by atoms with van der Waals surface area (Å²) in [4.78, 5) is 16.7. The molecule has 0 bridgehead atoms. The van der Waals surface area contributed by atoms with Crippen LogP contribution in [0.2, 0.25) is 0 Å². The van der Waals surface area contributed by atoms with Crippen LogP contribution >= 0.6 is 11.3 Å². The summed E-state index contributed by atoms with van der Waals surface area (Å²) >= 11 is 1.20. The zero-order valence-electron chi connectivity index (χ0n) is 10.7. The molecule has 1 aromatic carbocycles. The van der Waals surface area contributed by atoms with E-state index in [1.165, 1.54) is 11.3 Å². The fraction of sp³-hybridized carbons (Fsp3) is 0.143. The minimum Gasteiger partial charge on any atom is -0.507 e. The fourth-order valence-electron chi connectivity index (χ4n) is 1.59. The Morgan fingerprint density at radius 2 is 1.95 bits per heavy atom. The molecule has 0 spiro atoms. The molecule has 0 saturated heterocycles. The number of nitrogens with zero attached hydrogens (tertiary/aromatic N) is 1. The smallest absolute Gasteiger partial charge is 0.257 e. The highest BCUT2D eigenvalue weighted by Crippen LogP contribution is 2.27. The monoisotopic (exact) mass is 274 g/mol. The van der Waals surface area contributed by atoms with E-state index < -0.39 is 0 Å². The lowest BCUT2D eigenvalue weighted by Crippen LogP contribution is -2.11. The second-order valence-corrected chi connectivity index (χ2v) is 5.20. The van der Waals surface area contributed by atoms with Crippen LogP contribution in [0.25, 0.3) is 5.76 Å². The molecule has 1 heterocycles. The van der Waals surface area contributed by atoms with Gasteiger partial charge >= 0.3 is 0 Å². The summed E-state index contributed by atoms with van der Waals surface area (Å²) in [6, 6.07) is 7.28. The van der Waals surface area contributed by atoms with Gasteiger partial charge in [0.25, 0.3) is 5.91 Å². The van der Waals surface area contributed by atoms with Crippen LogP contribution in [-0.4, -0.2) is 16.0 Å². The SMILES string of the molecule is C=C(O)c1sc(NC(=O)c2ccc(C)cc2)nc1C. The molecular formula is C14H14N2O2S. The quantitative estimate of drug-likeness (QED) is 0.841. The molecule has 2 N–H and O–H groups in total. The summed E-state index contributed by atoms with van der Waals surface area (Å²) in [5.41, 5.74) is 2.32. The van der Waals surface area contributed by atoms with Crippen molar-refractivity contribution in [2.24, 2.45) is 0 Å². The van der Waals surface area contributed by atoms with Crippen LogP contribution in [0.5, 0.6) is 0 Å². The van der Waals surface area contributed by atoms with E-state index in [2.05, 4.69) is 16.9 Å². The van der Waals surface area contributed by atoms with E-state index in [1.54, 1.807) is 19.1 Å². The number of carbonyl (C=O) groups excluding carboxylic acids is 1. The number of aliphatic hydroxyl groups is 1. The first-order valence-corrected chi connectivity index (χ1v) is 6.52. The molecule has 4 nitrogen and oxygen atoms in total. The summed E-state index contributed by atoms with van der Waals surface area (Å²) in [6.45, 7) is 7.18. The first kappa shape index (κ1) is 13.3. The Hall–Kier alpha value is -2.14. The maximum absolute atomic E-state index is 12.0. The van der Waals surface area contributed by atoms with Crippen LogP contribution in [0.1, 0.15) is 26.5 Å². The normalized spacial score (nSPS) is 10.2. The molecule has 19 heavy (non-hydrogen) atoms. The Balaban J connectivity index is 2.17. The highest BCUT2D eigenvalue weighted by atomic mass is 32.1. The first-order valence-electron chi connectivity index (χ1n) is 5.71. The van der Waals surface area contributed by atoms with Crippen LogP contribution < -0.4 is 5.32 Å². The van der Waals surface area contributed by atoms with Gasteiger partial charge in [0, 0.05) is 5.56 Å². The molecular weight excluding hydrogens is 260 g/mol. The molecule has 5 heteroatoms. The molecule has 98 valence electrons. The number of hydrogen-bond donors (Lipinski definition) is 2. The van der Waals surface area contributed by atoms with Crippen molar-refractivity contribution in [2.45, 2.75) is 13.8 Å². The predicted molar refractivity (Wildman–Crippen MR) is 77.6 cm³/mol. The topological polar surface area (TPSA) is 62.2 Å². The summed E-state index contributed by atoms with van der Waals surface area (Å²) in [6.07, 6.45) is 0. The number of anilines is 1. The molecule has 1 aromatic heterocycles. The number of thiazole rings is 1. The highest BCUT2D eigenvalue weighted by molar-refractivity contribution is 7.16. The Morgan fingerprint density at radius 1 is 1.32 bits per heavy atom. The fourth-order valence-corrected chi connectivity index (χ4v) is 2.42. The average Bonchev–Trinajstić information content (AvgIpc) is 2.71. The van der Waals surface area contributed by atoms with Gasteiger partial charge in [0.15, 0.2) is 5.13 Å². The Morgan fingerprint density at radius 3 is 2.47 bits per heavy atom. The number of aryl methyl sites for hydroxylation is 2. The minimum atomic E-state index is -0.219. The van der Waals surface area contributed by atoms with Crippen LogP contribution in [0, 0.1) is 13.8 Å². The largest absolute Gasteiger partial charge is 0.507 e. The van der Waals surface area contributed by atoms with E-state index in [1.807, 2.05) is 19.1 Å². The molecule has 0 radical (unpaired) electrons. The molecule has 2 rings (SSSR count). The van der Waals surface area contributed by atoms with Crippen molar-refractivity contribution in [3.8, 4) is 0 Å². The van der Waals surface area contributed by atoms with Crippen molar-refractivity contribution in [1.29, 1.82) is 0 Å². The number of carbonyl (C=O) groups is 1. The van der Waals surface area contributed by atoms with Crippen LogP contribution in [0.4, 0.5) is 5.13 Å². The van der Waals surface area contributed by atoms with Gasteiger partial charge in [-0.2, -0.15) is 0 Å². The summed E-state index contributed by atoms with van der Waals surface area (Å²) in [5.74, 6) is -0.255. The Kier molecular flexibility index (Phi) is 3.66. The van der Waals surface area contributed by atoms with Crippen molar-refractivity contribution in [3.05, 3.63) is 52.5 Å². The lowest BCUT2D eigenvalue weighted by atomic mass is 10.1. The summed E-state index contributed by atoms with van der Waals surface area (Å²) < 4.78 is 0. The molecule has 0 aliphatic carbocycles. The number of amides is 1. The van der Waals surface area contributed by atoms with E-state index in [-0.39, 0.29) is 11.7 Å². The van der Waals surface area contributed by atoms with Crippen molar-refractivity contribution in [3.63, 3.8) is 0 Å². The van der Waals surface area contributed by atoms with Gasteiger partial charge in [-0.1, -0.05) is 35.6 Å². The lowest BCUT2D eigenvalue weighted by Gasteiger charge is -2.01. The van der Waals surface area contributed by atoms with Gasteiger partial charge in [0.1, 0.15) is 5.76 Å². The number of hydrogen-bond acceptors (Lipinski definition) is 4. The van der Waals surface area contributed by atoms with Crippen LogP contribution in [-0.2, 0) is 0 Å². The standard InChI is InChI=1S/C14H14N2O2S/c1-8-4-6-11(7-5-8)13(18)16-14-15-9(2)12(19-14)10(3)17/h4-7,17H,3H2,1-2H3,(H,15,16,18). The Bertz CT molecular complexity index is 629. The van der Waals surface area contributed by atoms with Crippen molar-refractivity contribution >= 4 is 28.1 Å². The number of rotatable bonds is 3. The number of aliphatic hydroxyl groups excluding tert-OH is 1. The van der Waals surface area contributed by atoms with Gasteiger partial charge < -0.3 is 5.11 Å². The zero-order chi connectivity index (χ0) is 14.0. The summed E-state index contributed by atoms with van der Waals surface area (Å²) in [5, 5.41) is 12.5. The maximum Gasteiger partial charge on any atom is 0.257 e. The molecule has 0 unspecified atom stereocenters. The summed E-state index contributed by atoms with van der Waals surface area (Å²) in [7, 11) is 0. The Labute approximate surface area is 115 Å². The third kappa shape index (κ3) is 3.00. The van der Waals surface area contributed by atoms with E-state index in [9.17, 15) is 9.90 Å². The maximum atomic E-state index is 12.0. The number of aromatic nitrogens is 1. The molecule has 0 aliphatic rings. The predicted octanol–water partition coefficient (Wildman–Crippen LogP) is 3.54. The van der Waals surface area contributed by atoms with Gasteiger partial charge in [-0.3, -0.25) is 10.1 Å². The van der Waals surface area contributed by atoms with Gasteiger partial charge in [-0.05, 0) is 26.0 Å². The van der Waals surface area contributed by atoms with E-state index in [0.29, 0.717) is 21.3 Å². The zero-order valence-corrected chi connectivity index (χ0v) is 11.5. The van der Waals surface area contributed by atoms with Gasteiger partial charge in [0.2, 0.25) is 0 Å². The first-order chi connectivity index (χ1) is 8.97. The number of nitrogens with one attached hydrogen (secondary N) is 1. The minimum absolute atomic E-state index is 0.0363. The molecule has 1 amide bonds. The van der Waals surface area contributed by atoms with Gasteiger partial charge in [-0.15, -0.1) is 0 Å². The van der Waals surface area contributed by atoms with E-state index in [4.69, 9.17) is 0 Å². The van der Waals surface area contributed by atoms with Crippen LogP contribution in [0.15, 0.2) is 30.8 Å². The third-order valence-corrected chi connectivity index (χ3v) is 3.71. The molecule has 2 aromatic rings.